The van der Waals surface area contributed by atoms with Crippen molar-refractivity contribution in [2.75, 3.05) is 37.9 Å². The van der Waals surface area contributed by atoms with Gasteiger partial charge in [-0.1, -0.05) is 50.8 Å². The molecule has 0 aromatic heterocycles. The van der Waals surface area contributed by atoms with Gasteiger partial charge in [-0.15, -0.1) is 0 Å². The number of hydrogen-bond acceptors (Lipinski definition) is 4. The minimum Gasteiger partial charge on any atom is -0.494 e. The van der Waals surface area contributed by atoms with E-state index in [9.17, 15) is 9.59 Å². The van der Waals surface area contributed by atoms with Gasteiger partial charge in [0.05, 0.1) is 13.2 Å². The first kappa shape index (κ1) is 25.2. The van der Waals surface area contributed by atoms with E-state index >= 15 is 0 Å². The van der Waals surface area contributed by atoms with E-state index in [0.717, 1.165) is 29.1 Å². The number of unbranched alkanes of at least 4 members (excludes halogenated alkanes) is 4. The second-order valence-electron chi connectivity index (χ2n) is 8.18. The highest BCUT2D eigenvalue weighted by Crippen LogP contribution is 2.18. The van der Waals surface area contributed by atoms with Gasteiger partial charge in [0.1, 0.15) is 5.75 Å². The number of hydrogen-bond donors (Lipinski definition) is 2. The topological polar surface area (TPSA) is 70.7 Å². The lowest BCUT2D eigenvalue weighted by Crippen LogP contribution is -2.22. The Bertz CT molecular complexity index is 834. The lowest BCUT2D eigenvalue weighted by atomic mass is 10.1. The first-order valence-corrected chi connectivity index (χ1v) is 11.5. The van der Waals surface area contributed by atoms with E-state index in [4.69, 9.17) is 4.74 Å². The van der Waals surface area contributed by atoms with Crippen molar-refractivity contribution in [3.63, 3.8) is 0 Å². The number of carbonyl (C=O) groups excluding carboxylic acids is 2. The summed E-state index contributed by atoms with van der Waals surface area (Å²) in [5.41, 5.74) is 2.68. The third-order valence-corrected chi connectivity index (χ3v) is 5.17. The van der Waals surface area contributed by atoms with E-state index in [0.29, 0.717) is 19.4 Å². The second-order valence-corrected chi connectivity index (χ2v) is 8.18. The Hall–Kier alpha value is -3.02. The van der Waals surface area contributed by atoms with Crippen molar-refractivity contribution in [1.29, 1.82) is 0 Å². The number of carbonyl (C=O) groups is 2. The van der Waals surface area contributed by atoms with Crippen LogP contribution in [0.5, 0.6) is 5.75 Å². The van der Waals surface area contributed by atoms with Crippen molar-refractivity contribution in [3.8, 4) is 5.75 Å². The van der Waals surface area contributed by atoms with Gasteiger partial charge in [-0.05, 0) is 42.7 Å². The smallest absolute Gasteiger partial charge is 0.243 e. The number of ether oxygens (including phenoxy) is 1. The molecule has 2 aromatic carbocycles. The number of rotatable bonds is 14. The predicted octanol–water partition coefficient (Wildman–Crippen LogP) is 5.11. The molecule has 0 aliphatic carbocycles. The van der Waals surface area contributed by atoms with Gasteiger partial charge in [-0.2, -0.15) is 0 Å². The molecule has 0 saturated carbocycles. The summed E-state index contributed by atoms with van der Waals surface area (Å²) in [6.07, 6.45) is 7.19. The van der Waals surface area contributed by atoms with Crippen LogP contribution >= 0.6 is 0 Å². The van der Waals surface area contributed by atoms with Crippen molar-refractivity contribution in [3.05, 3.63) is 54.1 Å². The first-order chi connectivity index (χ1) is 15.5. The van der Waals surface area contributed by atoms with Gasteiger partial charge in [0, 0.05) is 38.0 Å². The number of nitrogens with zero attached hydrogens (tertiary/aromatic N) is 1. The van der Waals surface area contributed by atoms with Crippen molar-refractivity contribution < 1.29 is 14.3 Å². The molecular formula is C26H37N3O3. The lowest BCUT2D eigenvalue weighted by Gasteiger charge is -2.11. The predicted molar refractivity (Wildman–Crippen MR) is 131 cm³/mol. The molecule has 0 heterocycles. The van der Waals surface area contributed by atoms with Gasteiger partial charge in [-0.25, -0.2) is 0 Å². The Morgan fingerprint density at radius 2 is 1.69 bits per heavy atom. The first-order valence-electron chi connectivity index (χ1n) is 11.5. The third-order valence-electron chi connectivity index (χ3n) is 5.17. The minimum atomic E-state index is -0.123. The maximum Gasteiger partial charge on any atom is 0.243 e. The molecule has 0 unspecified atom stereocenters. The zero-order valence-corrected chi connectivity index (χ0v) is 19.7. The van der Waals surface area contributed by atoms with Crippen LogP contribution in [0.15, 0.2) is 48.5 Å². The van der Waals surface area contributed by atoms with Crippen LogP contribution in [0.2, 0.25) is 0 Å². The maximum atomic E-state index is 12.3. The van der Waals surface area contributed by atoms with Gasteiger partial charge in [0.2, 0.25) is 11.8 Å². The molecule has 2 aromatic rings. The van der Waals surface area contributed by atoms with Crippen LogP contribution in [0.25, 0.3) is 0 Å². The molecule has 0 saturated heterocycles. The Morgan fingerprint density at radius 3 is 2.41 bits per heavy atom. The summed E-state index contributed by atoms with van der Waals surface area (Å²) in [7, 11) is 3.53. The van der Waals surface area contributed by atoms with Crippen LogP contribution in [0, 0.1) is 0 Å². The molecule has 0 aliphatic heterocycles. The molecule has 32 heavy (non-hydrogen) atoms. The van der Waals surface area contributed by atoms with Crippen LogP contribution in [-0.4, -0.2) is 44.0 Å². The summed E-state index contributed by atoms with van der Waals surface area (Å²) in [6, 6.07) is 15.3. The van der Waals surface area contributed by atoms with Gasteiger partial charge in [-0.3, -0.25) is 9.59 Å². The summed E-state index contributed by atoms with van der Waals surface area (Å²) in [5, 5.41) is 6.03. The average Bonchev–Trinajstić information content (AvgIpc) is 2.79. The SMILES string of the molecule is CCCCCCCOc1cccc(NC(=O)CNc2ccc(CCC(=O)N(C)C)cc2)c1. The molecule has 0 bridgehead atoms. The largest absolute Gasteiger partial charge is 0.494 e. The van der Waals surface area contributed by atoms with E-state index in [1.165, 1.54) is 25.7 Å². The van der Waals surface area contributed by atoms with E-state index in [1.54, 1.807) is 19.0 Å². The maximum absolute atomic E-state index is 12.3. The number of aryl methyl sites for hydroxylation is 1. The van der Waals surface area contributed by atoms with Crippen LogP contribution in [0.1, 0.15) is 51.0 Å². The number of amides is 2. The molecule has 6 heteroatoms. The average molecular weight is 440 g/mol. The lowest BCUT2D eigenvalue weighted by molar-refractivity contribution is -0.128. The highest BCUT2D eigenvalue weighted by atomic mass is 16.5. The Labute approximate surface area is 192 Å². The fourth-order valence-electron chi connectivity index (χ4n) is 3.21. The van der Waals surface area contributed by atoms with Crippen molar-refractivity contribution in [1.82, 2.24) is 4.90 Å². The summed E-state index contributed by atoms with van der Waals surface area (Å²) in [4.78, 5) is 25.6. The van der Waals surface area contributed by atoms with Crippen LogP contribution in [0.4, 0.5) is 11.4 Å². The van der Waals surface area contributed by atoms with E-state index in [-0.39, 0.29) is 18.4 Å². The monoisotopic (exact) mass is 439 g/mol. The van der Waals surface area contributed by atoms with E-state index < -0.39 is 0 Å². The van der Waals surface area contributed by atoms with E-state index in [1.807, 2.05) is 48.5 Å². The van der Waals surface area contributed by atoms with Gasteiger partial charge >= 0.3 is 0 Å². The van der Waals surface area contributed by atoms with Crippen LogP contribution in [0.3, 0.4) is 0 Å². The number of nitrogens with one attached hydrogen (secondary N) is 2. The van der Waals surface area contributed by atoms with E-state index in [2.05, 4.69) is 17.6 Å². The summed E-state index contributed by atoms with van der Waals surface area (Å²) < 4.78 is 5.81. The normalized spacial score (nSPS) is 10.5. The number of benzene rings is 2. The van der Waals surface area contributed by atoms with Gasteiger partial charge in [0.15, 0.2) is 0 Å². The molecule has 0 fully saturated rings. The molecule has 2 rings (SSSR count). The zero-order chi connectivity index (χ0) is 23.2. The molecule has 0 atom stereocenters. The van der Waals surface area contributed by atoms with Crippen molar-refractivity contribution in [2.24, 2.45) is 0 Å². The molecule has 2 amide bonds. The molecular weight excluding hydrogens is 402 g/mol. The van der Waals surface area contributed by atoms with Crippen molar-refractivity contribution in [2.45, 2.75) is 51.9 Å². The molecule has 174 valence electrons. The summed E-state index contributed by atoms with van der Waals surface area (Å²) >= 11 is 0. The standard InChI is InChI=1S/C26H37N3O3/c1-4-5-6-7-8-18-32-24-11-9-10-23(19-24)28-25(30)20-27-22-15-12-21(13-16-22)14-17-26(31)29(2)3/h9-13,15-16,19,27H,4-8,14,17-18,20H2,1-3H3,(H,28,30). The van der Waals surface area contributed by atoms with Gasteiger partial charge in [0.25, 0.3) is 0 Å². The molecule has 2 N–H and O–H groups in total. The summed E-state index contributed by atoms with van der Waals surface area (Å²) in [6.45, 7) is 3.07. The molecule has 0 radical (unpaired) electrons. The molecule has 0 aliphatic rings. The quantitative estimate of drug-likeness (QED) is 0.402. The minimum absolute atomic E-state index is 0.116. The fraction of sp³-hybridized carbons (Fsp3) is 0.462. The Balaban J connectivity index is 1.72. The zero-order valence-electron chi connectivity index (χ0n) is 19.7. The Kier molecular flexibility index (Phi) is 11.1. The second kappa shape index (κ2) is 14.1. The molecule has 6 nitrogen and oxygen atoms in total. The van der Waals surface area contributed by atoms with Gasteiger partial charge < -0.3 is 20.3 Å². The van der Waals surface area contributed by atoms with Crippen LogP contribution in [-0.2, 0) is 16.0 Å². The third kappa shape index (κ3) is 9.86. The summed E-state index contributed by atoms with van der Waals surface area (Å²) in [5.74, 6) is 0.766. The van der Waals surface area contributed by atoms with Crippen molar-refractivity contribution >= 4 is 23.2 Å². The fourth-order valence-corrected chi connectivity index (χ4v) is 3.21. The molecule has 0 spiro atoms. The number of anilines is 2. The Morgan fingerprint density at radius 1 is 0.938 bits per heavy atom. The highest BCUT2D eigenvalue weighted by Gasteiger charge is 2.06. The highest BCUT2D eigenvalue weighted by molar-refractivity contribution is 5.93. The van der Waals surface area contributed by atoms with Crippen LogP contribution < -0.4 is 15.4 Å².